The Hall–Kier alpha value is -3.53. The summed E-state index contributed by atoms with van der Waals surface area (Å²) in [6.07, 6.45) is 1.70. The number of phenols is 1. The highest BCUT2D eigenvalue weighted by Crippen LogP contribution is 2.24. The van der Waals surface area contributed by atoms with E-state index in [1.165, 1.54) is 5.56 Å². The molecule has 0 unspecified atom stereocenters. The molecule has 0 radical (unpaired) electrons. The lowest BCUT2D eigenvalue weighted by Gasteiger charge is -2.24. The fraction of sp³-hybridized carbons (Fsp3) is 0.0870. The lowest BCUT2D eigenvalue weighted by Crippen LogP contribution is -2.22. The van der Waals surface area contributed by atoms with Gasteiger partial charge >= 0.3 is 0 Å². The number of rotatable bonds is 6. The van der Waals surface area contributed by atoms with Gasteiger partial charge in [-0.3, -0.25) is 0 Å². The molecular formula is C23H20N2O2. The van der Waals surface area contributed by atoms with Crippen LogP contribution in [0.5, 0.6) is 5.75 Å². The maximum atomic E-state index is 9.44. The Bertz CT molecular complexity index is 980. The van der Waals surface area contributed by atoms with Gasteiger partial charge in [-0.05, 0) is 42.0 Å². The number of para-hydroxylation sites is 1. The number of aromatic hydroxyl groups is 1. The largest absolute Gasteiger partial charge is 0.508 e. The number of benzene rings is 3. The molecule has 134 valence electrons. The monoisotopic (exact) mass is 356 g/mol. The first-order chi connectivity index (χ1) is 13.3. The van der Waals surface area contributed by atoms with Gasteiger partial charge in [0.05, 0.1) is 12.2 Å². The van der Waals surface area contributed by atoms with Gasteiger partial charge in [0, 0.05) is 17.8 Å². The molecule has 1 aromatic heterocycles. The third kappa shape index (κ3) is 4.18. The van der Waals surface area contributed by atoms with Gasteiger partial charge in [-0.25, -0.2) is 4.98 Å². The minimum Gasteiger partial charge on any atom is -0.508 e. The summed E-state index contributed by atoms with van der Waals surface area (Å²) in [7, 11) is 0. The second kappa shape index (κ2) is 7.79. The fourth-order valence-electron chi connectivity index (χ4n) is 2.99. The van der Waals surface area contributed by atoms with Gasteiger partial charge in [0.2, 0.25) is 5.89 Å². The molecule has 0 aliphatic carbocycles. The number of nitrogens with zero attached hydrogens (tertiary/aromatic N) is 2. The average molecular weight is 356 g/mol. The first-order valence-electron chi connectivity index (χ1n) is 8.86. The lowest BCUT2D eigenvalue weighted by atomic mass is 10.2. The summed E-state index contributed by atoms with van der Waals surface area (Å²) in [4.78, 5) is 6.90. The molecular weight excluding hydrogens is 336 g/mol. The van der Waals surface area contributed by atoms with E-state index in [0.29, 0.717) is 12.4 Å². The van der Waals surface area contributed by atoms with Crippen molar-refractivity contribution in [1.29, 1.82) is 0 Å². The third-order valence-electron chi connectivity index (χ3n) is 4.36. The van der Waals surface area contributed by atoms with Gasteiger partial charge in [0.25, 0.3) is 0 Å². The van der Waals surface area contributed by atoms with Crippen LogP contribution in [0.3, 0.4) is 0 Å². The molecule has 0 saturated carbocycles. The van der Waals surface area contributed by atoms with Crippen LogP contribution >= 0.6 is 0 Å². The van der Waals surface area contributed by atoms with Gasteiger partial charge in [-0.15, -0.1) is 0 Å². The number of aromatic nitrogens is 1. The van der Waals surface area contributed by atoms with Crippen molar-refractivity contribution in [3.05, 3.63) is 102 Å². The molecule has 4 aromatic rings. The summed E-state index contributed by atoms with van der Waals surface area (Å²) < 4.78 is 5.66. The Labute approximate surface area is 158 Å². The second-order valence-electron chi connectivity index (χ2n) is 6.37. The summed E-state index contributed by atoms with van der Waals surface area (Å²) in [5.74, 6) is 0.779. The van der Waals surface area contributed by atoms with E-state index >= 15 is 0 Å². The molecule has 0 bridgehead atoms. The number of hydrogen-bond donors (Lipinski definition) is 1. The fourth-order valence-corrected chi connectivity index (χ4v) is 2.99. The van der Waals surface area contributed by atoms with Crippen LogP contribution in [0.2, 0.25) is 0 Å². The maximum Gasteiger partial charge on any atom is 0.226 e. The molecule has 3 aromatic carbocycles. The molecule has 0 aliphatic heterocycles. The average Bonchev–Trinajstić information content (AvgIpc) is 3.18. The summed E-state index contributed by atoms with van der Waals surface area (Å²) in [5.41, 5.74) is 4.07. The summed E-state index contributed by atoms with van der Waals surface area (Å²) in [5, 5.41) is 9.44. The second-order valence-corrected chi connectivity index (χ2v) is 6.37. The highest BCUT2D eigenvalue weighted by Gasteiger charge is 2.13. The molecule has 1 N–H and O–H groups in total. The van der Waals surface area contributed by atoms with E-state index in [0.717, 1.165) is 23.5 Å². The number of anilines is 1. The van der Waals surface area contributed by atoms with Crippen molar-refractivity contribution in [3.8, 4) is 17.2 Å². The van der Waals surface area contributed by atoms with Gasteiger partial charge < -0.3 is 14.4 Å². The van der Waals surface area contributed by atoms with Crippen LogP contribution in [0.25, 0.3) is 11.5 Å². The lowest BCUT2D eigenvalue weighted by molar-refractivity contribution is 0.475. The summed E-state index contributed by atoms with van der Waals surface area (Å²) >= 11 is 0. The van der Waals surface area contributed by atoms with Gasteiger partial charge in [-0.2, -0.15) is 0 Å². The quantitative estimate of drug-likeness (QED) is 0.512. The zero-order valence-electron chi connectivity index (χ0n) is 14.8. The van der Waals surface area contributed by atoms with E-state index in [4.69, 9.17) is 4.42 Å². The predicted octanol–water partition coefficient (Wildman–Crippen LogP) is 5.25. The molecule has 4 rings (SSSR count). The van der Waals surface area contributed by atoms with E-state index in [9.17, 15) is 5.11 Å². The van der Waals surface area contributed by atoms with Crippen molar-refractivity contribution in [2.24, 2.45) is 0 Å². The van der Waals surface area contributed by atoms with Gasteiger partial charge in [0.15, 0.2) is 0 Å². The third-order valence-corrected chi connectivity index (χ3v) is 4.36. The molecule has 0 aliphatic rings. The van der Waals surface area contributed by atoms with Crippen LogP contribution in [-0.4, -0.2) is 10.1 Å². The van der Waals surface area contributed by atoms with Crippen molar-refractivity contribution >= 4 is 5.69 Å². The van der Waals surface area contributed by atoms with Gasteiger partial charge in [0.1, 0.15) is 12.0 Å². The zero-order valence-corrected chi connectivity index (χ0v) is 14.8. The molecule has 1 heterocycles. The van der Waals surface area contributed by atoms with Crippen LogP contribution in [-0.2, 0) is 13.1 Å². The molecule has 0 amide bonds. The summed E-state index contributed by atoms with van der Waals surface area (Å²) in [6.45, 7) is 1.42. The Morgan fingerprint density at radius 2 is 1.44 bits per heavy atom. The van der Waals surface area contributed by atoms with Crippen LogP contribution in [0.4, 0.5) is 5.69 Å². The zero-order chi connectivity index (χ0) is 18.5. The molecule has 0 spiro atoms. The van der Waals surface area contributed by atoms with Crippen LogP contribution < -0.4 is 4.90 Å². The molecule has 4 nitrogen and oxygen atoms in total. The topological polar surface area (TPSA) is 49.5 Å². The van der Waals surface area contributed by atoms with E-state index in [1.54, 1.807) is 30.5 Å². The first kappa shape index (κ1) is 16.9. The highest BCUT2D eigenvalue weighted by molar-refractivity contribution is 5.55. The Kier molecular flexibility index (Phi) is 4.88. The molecule has 4 heteroatoms. The van der Waals surface area contributed by atoms with E-state index in [-0.39, 0.29) is 5.75 Å². The van der Waals surface area contributed by atoms with Gasteiger partial charge in [-0.1, -0.05) is 48.5 Å². The minimum absolute atomic E-state index is 0.226. The molecule has 27 heavy (non-hydrogen) atoms. The SMILES string of the molecule is Oc1ccc(-c2nc(CN(Cc3ccccc3)c3ccccc3)co2)cc1. The van der Waals surface area contributed by atoms with Crippen LogP contribution in [0, 0.1) is 0 Å². The maximum absolute atomic E-state index is 9.44. The number of phenolic OH excluding ortho intramolecular Hbond substituents is 1. The molecule has 0 atom stereocenters. The summed E-state index contributed by atoms with van der Waals surface area (Å²) in [6, 6.07) is 27.5. The van der Waals surface area contributed by atoms with Crippen molar-refractivity contribution in [2.45, 2.75) is 13.1 Å². The standard InChI is InChI=1S/C23H20N2O2/c26-22-13-11-19(12-14-22)23-24-20(17-27-23)16-25(21-9-5-2-6-10-21)15-18-7-3-1-4-8-18/h1-14,17,26H,15-16H2. The van der Waals surface area contributed by atoms with Crippen molar-refractivity contribution < 1.29 is 9.52 Å². The van der Waals surface area contributed by atoms with Crippen molar-refractivity contribution in [3.63, 3.8) is 0 Å². The number of oxazole rings is 1. The van der Waals surface area contributed by atoms with E-state index in [1.807, 2.05) is 24.3 Å². The minimum atomic E-state index is 0.226. The van der Waals surface area contributed by atoms with Crippen LogP contribution in [0.15, 0.2) is 95.6 Å². The molecule has 0 saturated heterocycles. The van der Waals surface area contributed by atoms with E-state index in [2.05, 4.69) is 46.3 Å². The van der Waals surface area contributed by atoms with Crippen LogP contribution in [0.1, 0.15) is 11.3 Å². The van der Waals surface area contributed by atoms with Crippen molar-refractivity contribution in [1.82, 2.24) is 4.98 Å². The van der Waals surface area contributed by atoms with E-state index < -0.39 is 0 Å². The number of hydrogen-bond acceptors (Lipinski definition) is 4. The predicted molar refractivity (Wildman–Crippen MR) is 106 cm³/mol. The smallest absolute Gasteiger partial charge is 0.226 e. The Morgan fingerprint density at radius 3 is 2.15 bits per heavy atom. The Morgan fingerprint density at radius 1 is 0.778 bits per heavy atom. The van der Waals surface area contributed by atoms with Crippen molar-refractivity contribution in [2.75, 3.05) is 4.90 Å². The Balaban J connectivity index is 1.57. The first-order valence-corrected chi connectivity index (χ1v) is 8.86. The molecule has 0 fully saturated rings. The normalized spacial score (nSPS) is 10.7. The highest BCUT2D eigenvalue weighted by atomic mass is 16.3.